The average molecular weight is 119 g/mol. The molecular weight excluding hydrogens is 105 g/mol. The zero-order valence-corrected chi connectivity index (χ0v) is 6.07. The van der Waals surface area contributed by atoms with Crippen LogP contribution in [0.5, 0.6) is 0 Å². The maximum absolute atomic E-state index is 5.60. The maximum Gasteiger partial charge on any atom is 0.0210 e. The van der Waals surface area contributed by atoms with Crippen molar-refractivity contribution in [1.82, 2.24) is 0 Å². The molecule has 0 aromatic rings. The average Bonchev–Trinajstić information content (AvgIpc) is 1.68. The minimum Gasteiger partial charge on any atom is -0.324 e. The molecule has 0 saturated heterocycles. The van der Waals surface area contributed by atoms with Crippen LogP contribution in [0.25, 0.3) is 0 Å². The summed E-state index contributed by atoms with van der Waals surface area (Å²) in [7, 11) is 0.916. The van der Waals surface area contributed by atoms with E-state index in [0.29, 0.717) is 5.78 Å². The van der Waals surface area contributed by atoms with Crippen molar-refractivity contribution < 1.29 is 0 Å². The van der Waals surface area contributed by atoms with Gasteiger partial charge in [0, 0.05) is 5.78 Å². The highest BCUT2D eigenvalue weighted by Crippen LogP contribution is 2.12. The lowest BCUT2D eigenvalue weighted by Gasteiger charge is -2.03. The Bertz CT molecular complexity index is 39.1. The van der Waals surface area contributed by atoms with Crippen LogP contribution in [0.4, 0.5) is 0 Å². The summed E-state index contributed by atoms with van der Waals surface area (Å²) >= 11 is 0. The van der Waals surface area contributed by atoms with Gasteiger partial charge in [0.2, 0.25) is 0 Å². The Morgan fingerprint density at radius 3 is 2.43 bits per heavy atom. The first-order valence-corrected chi connectivity index (χ1v) is 4.31. The van der Waals surface area contributed by atoms with Gasteiger partial charge in [-0.05, 0) is 13.1 Å². The molecule has 0 heterocycles. The topological polar surface area (TPSA) is 26.0 Å². The molecule has 7 heavy (non-hydrogen) atoms. The van der Waals surface area contributed by atoms with Crippen LogP contribution in [0.3, 0.4) is 0 Å². The van der Waals surface area contributed by atoms with Crippen molar-refractivity contribution in [2.45, 2.75) is 25.5 Å². The molecule has 0 aliphatic heterocycles. The van der Waals surface area contributed by atoms with E-state index >= 15 is 0 Å². The van der Waals surface area contributed by atoms with Crippen molar-refractivity contribution in [3.63, 3.8) is 0 Å². The zero-order valence-electron chi connectivity index (χ0n) is 5.07. The van der Waals surface area contributed by atoms with Crippen molar-refractivity contribution in [1.29, 1.82) is 0 Å². The highest BCUT2D eigenvalue weighted by molar-refractivity contribution is 7.37. The second-order valence-electron chi connectivity index (χ2n) is 1.68. The lowest BCUT2D eigenvalue weighted by atomic mass is 10.3. The van der Waals surface area contributed by atoms with Crippen molar-refractivity contribution in [2.24, 2.45) is 5.73 Å². The Morgan fingerprint density at radius 1 is 1.71 bits per heavy atom. The van der Waals surface area contributed by atoms with E-state index < -0.39 is 0 Å². The van der Waals surface area contributed by atoms with Crippen molar-refractivity contribution >= 4 is 8.58 Å². The fraction of sp³-hybridized carbons (Fsp3) is 1.00. The second kappa shape index (κ2) is 4.55. The molecule has 0 bridgehead atoms. The van der Waals surface area contributed by atoms with Crippen LogP contribution in [0.1, 0.15) is 19.8 Å². The van der Waals surface area contributed by atoms with Crippen LogP contribution < -0.4 is 5.73 Å². The van der Waals surface area contributed by atoms with Crippen LogP contribution >= 0.6 is 8.58 Å². The summed E-state index contributed by atoms with van der Waals surface area (Å²) in [6.45, 7) is 4.32. The van der Waals surface area contributed by atoms with Gasteiger partial charge in [-0.3, -0.25) is 0 Å². The fourth-order valence-electron chi connectivity index (χ4n) is 0.455. The molecule has 0 rings (SSSR count). The van der Waals surface area contributed by atoms with Gasteiger partial charge < -0.3 is 5.73 Å². The number of hydrogen-bond acceptors (Lipinski definition) is 1. The summed E-state index contributed by atoms with van der Waals surface area (Å²) in [5, 5.41) is 0. The third-order valence-electron chi connectivity index (χ3n) is 0.970. The molecule has 0 radical (unpaired) electrons. The van der Waals surface area contributed by atoms with Crippen LogP contribution in [-0.4, -0.2) is 12.4 Å². The monoisotopic (exact) mass is 119 g/mol. The van der Waals surface area contributed by atoms with Crippen LogP contribution in [0, 0.1) is 0 Å². The molecule has 2 N–H and O–H groups in total. The molecule has 0 aromatic carbocycles. The van der Waals surface area contributed by atoms with Crippen LogP contribution in [0.2, 0.25) is 0 Å². The maximum atomic E-state index is 5.60. The number of nitrogens with two attached hydrogens (primary N) is 1. The van der Waals surface area contributed by atoms with Gasteiger partial charge in [-0.1, -0.05) is 13.3 Å². The quantitative estimate of drug-likeness (QED) is 0.558. The number of hydrogen-bond donors (Lipinski definition) is 1. The smallest absolute Gasteiger partial charge is 0.0210 e. The molecule has 0 aliphatic carbocycles. The second-order valence-corrected chi connectivity index (χ2v) is 3.00. The van der Waals surface area contributed by atoms with E-state index in [2.05, 4.69) is 13.6 Å². The highest BCUT2D eigenvalue weighted by Gasteiger charge is 1.92. The third kappa shape index (κ3) is 4.24. The fourth-order valence-corrected chi connectivity index (χ4v) is 1.03. The van der Waals surface area contributed by atoms with Crippen molar-refractivity contribution in [3.05, 3.63) is 0 Å². The predicted molar refractivity (Wildman–Crippen MR) is 37.1 cm³/mol. The molecule has 44 valence electrons. The van der Waals surface area contributed by atoms with Crippen LogP contribution in [-0.2, 0) is 0 Å². The Kier molecular flexibility index (Phi) is 4.80. The van der Waals surface area contributed by atoms with E-state index in [4.69, 9.17) is 5.73 Å². The number of rotatable bonds is 3. The molecular formula is C5H14NP. The standard InChI is InChI=1S/C5H14NP/c1-3-4-5(6)7-2/h5,7H,3-4,6H2,1-2H3. The minimum absolute atomic E-state index is 0.477. The van der Waals surface area contributed by atoms with Gasteiger partial charge in [0.1, 0.15) is 0 Å². The molecule has 0 spiro atoms. The normalized spacial score (nSPS) is 15.9. The van der Waals surface area contributed by atoms with Crippen LogP contribution in [0.15, 0.2) is 0 Å². The Balaban J connectivity index is 2.83. The molecule has 2 unspecified atom stereocenters. The summed E-state index contributed by atoms with van der Waals surface area (Å²) in [5.74, 6) is 0.477. The molecule has 0 saturated carbocycles. The first-order valence-electron chi connectivity index (χ1n) is 2.74. The summed E-state index contributed by atoms with van der Waals surface area (Å²) in [5.41, 5.74) is 5.60. The van der Waals surface area contributed by atoms with E-state index in [1.807, 2.05) is 0 Å². The predicted octanol–water partition coefficient (Wildman–Crippen LogP) is 1.38. The molecule has 1 nitrogen and oxygen atoms in total. The van der Waals surface area contributed by atoms with Crippen molar-refractivity contribution in [2.75, 3.05) is 6.66 Å². The molecule has 2 heteroatoms. The van der Waals surface area contributed by atoms with E-state index in [1.54, 1.807) is 0 Å². The zero-order chi connectivity index (χ0) is 5.70. The third-order valence-corrected chi connectivity index (χ3v) is 2.00. The van der Waals surface area contributed by atoms with Gasteiger partial charge in [-0.25, -0.2) is 0 Å². The van der Waals surface area contributed by atoms with E-state index in [1.165, 1.54) is 12.8 Å². The summed E-state index contributed by atoms with van der Waals surface area (Å²) in [6.07, 6.45) is 2.41. The first-order chi connectivity index (χ1) is 3.31. The van der Waals surface area contributed by atoms with Gasteiger partial charge in [-0.2, -0.15) is 0 Å². The lowest BCUT2D eigenvalue weighted by Crippen LogP contribution is -2.11. The Labute approximate surface area is 47.5 Å². The summed E-state index contributed by atoms with van der Waals surface area (Å²) in [4.78, 5) is 0. The SMILES string of the molecule is CCCC(N)PC. The minimum atomic E-state index is 0.477. The summed E-state index contributed by atoms with van der Waals surface area (Å²) in [6, 6.07) is 0. The molecule has 2 atom stereocenters. The van der Waals surface area contributed by atoms with Gasteiger partial charge in [0.05, 0.1) is 0 Å². The molecule has 0 fully saturated rings. The van der Waals surface area contributed by atoms with Crippen molar-refractivity contribution in [3.8, 4) is 0 Å². The lowest BCUT2D eigenvalue weighted by molar-refractivity contribution is 0.761. The summed E-state index contributed by atoms with van der Waals surface area (Å²) < 4.78 is 0. The van der Waals surface area contributed by atoms with E-state index in [-0.39, 0.29) is 0 Å². The molecule has 0 aromatic heterocycles. The van der Waals surface area contributed by atoms with Gasteiger partial charge in [0.25, 0.3) is 0 Å². The molecule has 0 amide bonds. The van der Waals surface area contributed by atoms with Gasteiger partial charge >= 0.3 is 0 Å². The Morgan fingerprint density at radius 2 is 2.29 bits per heavy atom. The largest absolute Gasteiger partial charge is 0.324 e. The Hall–Kier alpha value is 0.390. The van der Waals surface area contributed by atoms with E-state index in [9.17, 15) is 0 Å². The molecule has 0 aliphatic rings. The highest BCUT2D eigenvalue weighted by atomic mass is 31.1. The van der Waals surface area contributed by atoms with Gasteiger partial charge in [-0.15, -0.1) is 8.58 Å². The first kappa shape index (κ1) is 7.39. The van der Waals surface area contributed by atoms with E-state index in [0.717, 1.165) is 8.58 Å². The van der Waals surface area contributed by atoms with Gasteiger partial charge in [0.15, 0.2) is 0 Å².